The van der Waals surface area contributed by atoms with Gasteiger partial charge in [-0.05, 0) is 70.6 Å². The highest BCUT2D eigenvalue weighted by Crippen LogP contribution is 2.16. The second-order valence-corrected chi connectivity index (χ2v) is 5.65. The fourth-order valence-corrected chi connectivity index (χ4v) is 2.11. The van der Waals surface area contributed by atoms with Gasteiger partial charge < -0.3 is 10.1 Å². The Morgan fingerprint density at radius 2 is 1.82 bits per heavy atom. The van der Waals surface area contributed by atoms with E-state index < -0.39 is 5.91 Å². The van der Waals surface area contributed by atoms with Crippen molar-refractivity contribution >= 4 is 40.3 Å². The normalized spacial score (nSPS) is 10.7. The fourth-order valence-electron chi connectivity index (χ4n) is 1.75. The second kappa shape index (κ2) is 7.61. The molecule has 1 N–H and O–H groups in total. The van der Waals surface area contributed by atoms with Gasteiger partial charge >= 0.3 is 0 Å². The first-order valence-corrected chi connectivity index (χ1v) is 7.53. The molecule has 0 unspecified atom stereocenters. The largest absolute Gasteiger partial charge is 0.497 e. The summed E-state index contributed by atoms with van der Waals surface area (Å²) in [6.45, 7) is 0. The number of hydrogen-bond acceptors (Lipinski definition) is 3. The molecule has 0 fully saturated rings. The Hall–Kier alpha value is -2.33. The van der Waals surface area contributed by atoms with Crippen molar-refractivity contribution in [2.45, 2.75) is 0 Å². The smallest absolute Gasteiger partial charge is 0.266 e. The molecular weight excluding hydrogens is 391 g/mol. The number of nitrogens with one attached hydrogen (secondary N) is 1. The molecular formula is C17H13IN2O2. The van der Waals surface area contributed by atoms with E-state index in [1.807, 2.05) is 30.3 Å². The highest BCUT2D eigenvalue weighted by molar-refractivity contribution is 14.1. The lowest BCUT2D eigenvalue weighted by molar-refractivity contribution is -0.112. The molecule has 5 heteroatoms. The van der Waals surface area contributed by atoms with E-state index in [1.165, 1.54) is 0 Å². The van der Waals surface area contributed by atoms with Crippen molar-refractivity contribution in [1.82, 2.24) is 0 Å². The number of rotatable bonds is 4. The number of amides is 1. The van der Waals surface area contributed by atoms with Crippen LogP contribution in [0.15, 0.2) is 54.1 Å². The van der Waals surface area contributed by atoms with Crippen LogP contribution in [0.2, 0.25) is 0 Å². The van der Waals surface area contributed by atoms with Crippen LogP contribution in [0.3, 0.4) is 0 Å². The Kier molecular flexibility index (Phi) is 5.55. The number of anilines is 1. The van der Waals surface area contributed by atoms with Crippen LogP contribution in [0.25, 0.3) is 6.08 Å². The molecule has 0 saturated heterocycles. The van der Waals surface area contributed by atoms with Crippen molar-refractivity contribution in [2.75, 3.05) is 12.4 Å². The first kappa shape index (κ1) is 16.0. The van der Waals surface area contributed by atoms with Crippen LogP contribution in [0.1, 0.15) is 5.56 Å². The number of ether oxygens (including phenoxy) is 1. The van der Waals surface area contributed by atoms with Crippen molar-refractivity contribution in [3.05, 3.63) is 63.2 Å². The van der Waals surface area contributed by atoms with Crippen LogP contribution in [-0.4, -0.2) is 13.0 Å². The molecule has 0 aliphatic heterocycles. The van der Waals surface area contributed by atoms with E-state index in [4.69, 9.17) is 4.74 Å². The zero-order valence-electron chi connectivity index (χ0n) is 11.8. The monoisotopic (exact) mass is 404 g/mol. The molecule has 1 amide bonds. The summed E-state index contributed by atoms with van der Waals surface area (Å²) in [5.41, 5.74) is 1.47. The van der Waals surface area contributed by atoms with Gasteiger partial charge in [0.1, 0.15) is 17.4 Å². The van der Waals surface area contributed by atoms with Crippen molar-refractivity contribution < 1.29 is 9.53 Å². The minimum absolute atomic E-state index is 0.0528. The molecule has 4 nitrogen and oxygen atoms in total. The maximum atomic E-state index is 12.1. The molecule has 22 heavy (non-hydrogen) atoms. The van der Waals surface area contributed by atoms with Gasteiger partial charge in [0.05, 0.1) is 7.11 Å². The predicted octanol–water partition coefficient (Wildman–Crippen LogP) is 3.85. The third-order valence-electron chi connectivity index (χ3n) is 2.89. The molecule has 0 radical (unpaired) electrons. The molecule has 2 aromatic carbocycles. The third kappa shape index (κ3) is 4.33. The van der Waals surface area contributed by atoms with Crippen LogP contribution in [0, 0.1) is 14.9 Å². The van der Waals surface area contributed by atoms with Crippen LogP contribution in [0.5, 0.6) is 5.75 Å². The number of benzene rings is 2. The number of carbonyl (C=O) groups is 1. The Bertz CT molecular complexity index is 729. The zero-order valence-corrected chi connectivity index (χ0v) is 14.0. The number of halogens is 1. The topological polar surface area (TPSA) is 62.1 Å². The van der Waals surface area contributed by atoms with E-state index in [2.05, 4.69) is 27.9 Å². The first-order valence-electron chi connectivity index (χ1n) is 6.45. The summed E-state index contributed by atoms with van der Waals surface area (Å²) in [4.78, 5) is 12.1. The summed E-state index contributed by atoms with van der Waals surface area (Å²) in [5.74, 6) is 0.263. The summed E-state index contributed by atoms with van der Waals surface area (Å²) in [6.07, 6.45) is 1.56. The number of carbonyl (C=O) groups excluding carboxylic acids is 1. The summed E-state index contributed by atoms with van der Waals surface area (Å²) >= 11 is 2.20. The summed E-state index contributed by atoms with van der Waals surface area (Å²) < 4.78 is 6.15. The van der Waals surface area contributed by atoms with Crippen LogP contribution in [-0.2, 0) is 4.79 Å². The molecule has 110 valence electrons. The second-order valence-electron chi connectivity index (χ2n) is 4.40. The lowest BCUT2D eigenvalue weighted by Gasteiger charge is -2.05. The Labute approximate surface area is 142 Å². The van der Waals surface area contributed by atoms with Crippen molar-refractivity contribution in [3.8, 4) is 11.8 Å². The Morgan fingerprint density at radius 3 is 2.36 bits per heavy atom. The SMILES string of the molecule is COc1ccc(NC(=O)/C(C#N)=C\c2ccc(I)cc2)cc1. The molecule has 0 aliphatic rings. The lowest BCUT2D eigenvalue weighted by Crippen LogP contribution is -2.13. The Morgan fingerprint density at radius 1 is 1.18 bits per heavy atom. The van der Waals surface area contributed by atoms with Crippen molar-refractivity contribution in [1.29, 1.82) is 5.26 Å². The van der Waals surface area contributed by atoms with Crippen LogP contribution in [0.4, 0.5) is 5.69 Å². The third-order valence-corrected chi connectivity index (χ3v) is 3.61. The number of nitrogens with zero attached hydrogens (tertiary/aromatic N) is 1. The molecule has 2 aromatic rings. The van der Waals surface area contributed by atoms with E-state index >= 15 is 0 Å². The summed E-state index contributed by atoms with van der Waals surface area (Å²) in [5, 5.41) is 11.9. The molecule has 2 rings (SSSR count). The maximum Gasteiger partial charge on any atom is 0.266 e. The highest BCUT2D eigenvalue weighted by Gasteiger charge is 2.09. The van der Waals surface area contributed by atoms with Crippen molar-refractivity contribution in [2.24, 2.45) is 0 Å². The highest BCUT2D eigenvalue weighted by atomic mass is 127. The quantitative estimate of drug-likeness (QED) is 0.479. The number of methoxy groups -OCH3 is 1. The van der Waals surface area contributed by atoms with Gasteiger partial charge in [-0.2, -0.15) is 5.26 Å². The average Bonchev–Trinajstić information content (AvgIpc) is 2.55. The van der Waals surface area contributed by atoms with E-state index in [9.17, 15) is 10.1 Å². The first-order chi connectivity index (χ1) is 10.6. The van der Waals surface area contributed by atoms with Gasteiger partial charge in [-0.25, -0.2) is 0 Å². The fraction of sp³-hybridized carbons (Fsp3) is 0.0588. The maximum absolute atomic E-state index is 12.1. The minimum atomic E-state index is -0.439. The van der Waals surface area contributed by atoms with Gasteiger partial charge in [0.25, 0.3) is 5.91 Å². The minimum Gasteiger partial charge on any atom is -0.497 e. The number of hydrogen-bond donors (Lipinski definition) is 1. The van der Waals surface area contributed by atoms with Gasteiger partial charge in [-0.15, -0.1) is 0 Å². The van der Waals surface area contributed by atoms with E-state index in [0.29, 0.717) is 11.4 Å². The molecule has 0 saturated carbocycles. The van der Waals surface area contributed by atoms with E-state index in [1.54, 1.807) is 37.5 Å². The van der Waals surface area contributed by atoms with Crippen LogP contribution < -0.4 is 10.1 Å². The average molecular weight is 404 g/mol. The van der Waals surface area contributed by atoms with E-state index in [0.717, 1.165) is 9.13 Å². The predicted molar refractivity (Wildman–Crippen MR) is 94.4 cm³/mol. The van der Waals surface area contributed by atoms with Gasteiger partial charge in [-0.1, -0.05) is 12.1 Å². The Balaban J connectivity index is 2.14. The lowest BCUT2D eigenvalue weighted by atomic mass is 10.1. The van der Waals surface area contributed by atoms with Crippen molar-refractivity contribution in [3.63, 3.8) is 0 Å². The zero-order chi connectivity index (χ0) is 15.9. The molecule has 0 aromatic heterocycles. The van der Waals surface area contributed by atoms with Gasteiger partial charge in [0.15, 0.2) is 0 Å². The van der Waals surface area contributed by atoms with Gasteiger partial charge in [-0.3, -0.25) is 4.79 Å². The standard InChI is InChI=1S/C17H13IN2O2/c1-22-16-8-6-15(7-9-16)20-17(21)13(11-19)10-12-2-4-14(18)5-3-12/h2-10H,1H3,(H,20,21)/b13-10-. The summed E-state index contributed by atoms with van der Waals surface area (Å²) in [7, 11) is 1.57. The van der Waals surface area contributed by atoms with E-state index in [-0.39, 0.29) is 5.57 Å². The molecule has 0 aliphatic carbocycles. The van der Waals surface area contributed by atoms with Crippen LogP contribution >= 0.6 is 22.6 Å². The van der Waals surface area contributed by atoms with Gasteiger partial charge in [0.2, 0.25) is 0 Å². The molecule has 0 bridgehead atoms. The molecule has 0 spiro atoms. The molecule has 0 heterocycles. The summed E-state index contributed by atoms with van der Waals surface area (Å²) in [6, 6.07) is 16.4. The molecule has 0 atom stereocenters. The van der Waals surface area contributed by atoms with Gasteiger partial charge in [0, 0.05) is 9.26 Å². The number of nitriles is 1.